The van der Waals surface area contributed by atoms with Gasteiger partial charge in [-0.05, 0) is 78.6 Å². The Balaban J connectivity index is 1.36. The van der Waals surface area contributed by atoms with Gasteiger partial charge in [0.2, 0.25) is 0 Å². The van der Waals surface area contributed by atoms with Gasteiger partial charge >= 0.3 is 0 Å². The van der Waals surface area contributed by atoms with Crippen LogP contribution in [0.25, 0.3) is 66.2 Å². The SMILES string of the molecule is Cc1ccc(-n2c3ccccc3c3ccccc32)cc1-c1cc(-n2c3ccccc3c3ccccc32)ncc1C. The third-order valence-corrected chi connectivity index (χ3v) is 8.25. The number of benzene rings is 5. The van der Waals surface area contributed by atoms with Gasteiger partial charge in [0.1, 0.15) is 5.82 Å². The molecular formula is C37H27N3. The van der Waals surface area contributed by atoms with Gasteiger partial charge < -0.3 is 4.57 Å². The molecule has 0 aliphatic carbocycles. The first-order chi connectivity index (χ1) is 19.7. The van der Waals surface area contributed by atoms with Gasteiger partial charge in [-0.2, -0.15) is 0 Å². The van der Waals surface area contributed by atoms with Gasteiger partial charge in [-0.25, -0.2) is 4.98 Å². The van der Waals surface area contributed by atoms with Crippen LogP contribution in [0.4, 0.5) is 0 Å². The fourth-order valence-electron chi connectivity index (χ4n) is 6.33. The van der Waals surface area contributed by atoms with Gasteiger partial charge in [0.15, 0.2) is 0 Å². The van der Waals surface area contributed by atoms with Crippen LogP contribution in [0.1, 0.15) is 11.1 Å². The molecule has 0 aliphatic rings. The minimum atomic E-state index is 0.930. The molecule has 0 fully saturated rings. The van der Waals surface area contributed by atoms with Gasteiger partial charge in [-0.1, -0.05) is 78.9 Å². The van der Waals surface area contributed by atoms with E-state index in [1.165, 1.54) is 60.3 Å². The molecular weight excluding hydrogens is 486 g/mol. The van der Waals surface area contributed by atoms with E-state index in [2.05, 4.69) is 144 Å². The highest BCUT2D eigenvalue weighted by molar-refractivity contribution is 6.10. The summed E-state index contributed by atoms with van der Waals surface area (Å²) in [6.45, 7) is 4.36. The topological polar surface area (TPSA) is 22.8 Å². The minimum Gasteiger partial charge on any atom is -0.309 e. The van der Waals surface area contributed by atoms with Crippen LogP contribution in [0.5, 0.6) is 0 Å². The highest BCUT2D eigenvalue weighted by Gasteiger charge is 2.17. The Morgan fingerprint density at radius 1 is 0.450 bits per heavy atom. The molecule has 3 aromatic heterocycles. The van der Waals surface area contributed by atoms with Crippen LogP contribution in [0, 0.1) is 13.8 Å². The zero-order valence-corrected chi connectivity index (χ0v) is 22.5. The van der Waals surface area contributed by atoms with Crippen LogP contribution >= 0.6 is 0 Å². The zero-order valence-electron chi connectivity index (χ0n) is 22.5. The molecule has 3 heteroatoms. The van der Waals surface area contributed by atoms with Crippen molar-refractivity contribution in [2.24, 2.45) is 0 Å². The molecule has 0 saturated heterocycles. The predicted molar refractivity (Wildman–Crippen MR) is 168 cm³/mol. The maximum Gasteiger partial charge on any atom is 0.138 e. The molecule has 3 heterocycles. The normalized spacial score (nSPS) is 11.8. The molecule has 5 aromatic carbocycles. The third-order valence-electron chi connectivity index (χ3n) is 8.25. The van der Waals surface area contributed by atoms with E-state index in [1.54, 1.807) is 0 Å². The van der Waals surface area contributed by atoms with Crippen molar-refractivity contribution in [3.8, 4) is 22.6 Å². The number of pyridine rings is 1. The Labute approximate surface area is 232 Å². The summed E-state index contributed by atoms with van der Waals surface area (Å²) < 4.78 is 4.68. The van der Waals surface area contributed by atoms with Crippen molar-refractivity contribution in [2.75, 3.05) is 0 Å². The van der Waals surface area contributed by atoms with E-state index in [0.717, 1.165) is 17.1 Å². The molecule has 0 aliphatic heterocycles. The molecule has 0 amide bonds. The van der Waals surface area contributed by atoms with Crippen LogP contribution in [0.3, 0.4) is 0 Å². The molecule has 8 rings (SSSR count). The number of hydrogen-bond acceptors (Lipinski definition) is 1. The summed E-state index contributed by atoms with van der Waals surface area (Å²) in [6.07, 6.45) is 2.01. The van der Waals surface area contributed by atoms with Crippen molar-refractivity contribution in [3.05, 3.63) is 139 Å². The molecule has 3 nitrogen and oxygen atoms in total. The summed E-state index contributed by atoms with van der Waals surface area (Å²) in [5, 5.41) is 5.03. The molecule has 40 heavy (non-hydrogen) atoms. The monoisotopic (exact) mass is 513 g/mol. The molecule has 8 aromatic rings. The second-order valence-corrected chi connectivity index (χ2v) is 10.6. The van der Waals surface area contributed by atoms with E-state index in [0.29, 0.717) is 0 Å². The average molecular weight is 514 g/mol. The van der Waals surface area contributed by atoms with Crippen LogP contribution in [0.2, 0.25) is 0 Å². The molecule has 0 atom stereocenters. The van der Waals surface area contributed by atoms with E-state index < -0.39 is 0 Å². The Kier molecular flexibility index (Phi) is 4.95. The van der Waals surface area contributed by atoms with Crippen molar-refractivity contribution in [1.82, 2.24) is 14.1 Å². The van der Waals surface area contributed by atoms with Gasteiger partial charge in [0.25, 0.3) is 0 Å². The van der Waals surface area contributed by atoms with Gasteiger partial charge in [-0.3, -0.25) is 4.57 Å². The van der Waals surface area contributed by atoms with Gasteiger partial charge in [0.05, 0.1) is 22.1 Å². The number of nitrogens with zero attached hydrogens (tertiary/aromatic N) is 3. The summed E-state index contributed by atoms with van der Waals surface area (Å²) in [6, 6.07) is 43.6. The van der Waals surface area contributed by atoms with E-state index in [1.807, 2.05) is 6.20 Å². The number of fused-ring (bicyclic) bond motifs is 6. The first-order valence-corrected chi connectivity index (χ1v) is 13.7. The summed E-state index contributed by atoms with van der Waals surface area (Å²) in [5.41, 5.74) is 10.8. The highest BCUT2D eigenvalue weighted by Crippen LogP contribution is 2.37. The summed E-state index contributed by atoms with van der Waals surface area (Å²) in [7, 11) is 0. The summed E-state index contributed by atoms with van der Waals surface area (Å²) >= 11 is 0. The molecule has 0 saturated carbocycles. The lowest BCUT2D eigenvalue weighted by Crippen LogP contribution is -2.00. The van der Waals surface area contributed by atoms with Crippen molar-refractivity contribution in [1.29, 1.82) is 0 Å². The lowest BCUT2D eigenvalue weighted by molar-refractivity contribution is 1.07. The van der Waals surface area contributed by atoms with Crippen LogP contribution in [-0.2, 0) is 0 Å². The Morgan fingerprint density at radius 3 is 1.43 bits per heavy atom. The number of rotatable bonds is 3. The minimum absolute atomic E-state index is 0.930. The average Bonchev–Trinajstić information content (AvgIpc) is 3.51. The van der Waals surface area contributed by atoms with Crippen LogP contribution in [0.15, 0.2) is 128 Å². The lowest BCUT2D eigenvalue weighted by Gasteiger charge is -2.16. The van der Waals surface area contributed by atoms with E-state index in [-0.39, 0.29) is 0 Å². The Hall–Kier alpha value is -5.15. The number of aryl methyl sites for hydroxylation is 2. The second kappa shape index (κ2) is 8.69. The van der Waals surface area contributed by atoms with E-state index in [4.69, 9.17) is 4.98 Å². The maximum absolute atomic E-state index is 4.95. The smallest absolute Gasteiger partial charge is 0.138 e. The first-order valence-electron chi connectivity index (χ1n) is 13.7. The molecule has 0 N–H and O–H groups in total. The number of para-hydroxylation sites is 4. The molecule has 0 radical (unpaired) electrons. The second-order valence-electron chi connectivity index (χ2n) is 10.6. The van der Waals surface area contributed by atoms with Crippen molar-refractivity contribution in [2.45, 2.75) is 13.8 Å². The van der Waals surface area contributed by atoms with Crippen molar-refractivity contribution in [3.63, 3.8) is 0 Å². The van der Waals surface area contributed by atoms with Crippen LogP contribution < -0.4 is 0 Å². The first kappa shape index (κ1) is 22.8. The van der Waals surface area contributed by atoms with E-state index in [9.17, 15) is 0 Å². The number of aromatic nitrogens is 3. The zero-order chi connectivity index (χ0) is 26.8. The van der Waals surface area contributed by atoms with Gasteiger partial charge in [0, 0.05) is 33.4 Å². The fourth-order valence-corrected chi connectivity index (χ4v) is 6.33. The van der Waals surface area contributed by atoms with Gasteiger partial charge in [-0.15, -0.1) is 0 Å². The number of hydrogen-bond donors (Lipinski definition) is 0. The lowest BCUT2D eigenvalue weighted by atomic mass is 9.97. The third kappa shape index (κ3) is 3.28. The maximum atomic E-state index is 4.95. The Morgan fingerprint density at radius 2 is 0.900 bits per heavy atom. The quantitative estimate of drug-likeness (QED) is 0.231. The van der Waals surface area contributed by atoms with Crippen molar-refractivity contribution >= 4 is 43.6 Å². The molecule has 0 unspecified atom stereocenters. The Bertz CT molecular complexity index is 1980. The van der Waals surface area contributed by atoms with E-state index >= 15 is 0 Å². The fraction of sp³-hybridized carbons (Fsp3) is 0.0541. The molecule has 0 spiro atoms. The molecule has 190 valence electrons. The van der Waals surface area contributed by atoms with Crippen LogP contribution in [-0.4, -0.2) is 14.1 Å². The highest BCUT2D eigenvalue weighted by atomic mass is 15.1. The summed E-state index contributed by atoms with van der Waals surface area (Å²) in [4.78, 5) is 4.95. The predicted octanol–water partition coefficient (Wildman–Crippen LogP) is 9.56. The summed E-state index contributed by atoms with van der Waals surface area (Å²) in [5.74, 6) is 0.930. The standard InChI is InChI=1S/C37H27N3/c1-24-19-20-26(39-33-15-7-3-11-27(33)28-12-4-8-16-34(28)39)21-31(24)32-22-37(38-23-25(32)2)40-35-17-9-5-13-29(35)30-14-6-10-18-36(30)40/h3-23H,1-2H3. The largest absolute Gasteiger partial charge is 0.309 e. The van der Waals surface area contributed by atoms with Crippen molar-refractivity contribution < 1.29 is 0 Å². The molecule has 0 bridgehead atoms.